The van der Waals surface area contributed by atoms with Gasteiger partial charge in [0.15, 0.2) is 0 Å². The van der Waals surface area contributed by atoms with Gasteiger partial charge in [-0.3, -0.25) is 0 Å². The number of esters is 1. The van der Waals surface area contributed by atoms with Crippen LogP contribution in [0.15, 0.2) is 18.2 Å². The first-order valence-corrected chi connectivity index (χ1v) is 5.56. The third-order valence-electron chi connectivity index (χ3n) is 2.39. The van der Waals surface area contributed by atoms with Gasteiger partial charge in [-0.05, 0) is 25.1 Å². The molecule has 20 heavy (non-hydrogen) atoms. The van der Waals surface area contributed by atoms with Crippen LogP contribution in [0, 0.1) is 0 Å². The number of carbonyl (C=O) groups excluding carboxylic acids is 2. The zero-order chi connectivity index (χ0) is 15.3. The van der Waals surface area contributed by atoms with E-state index in [2.05, 4.69) is 15.4 Å². The Morgan fingerprint density at radius 2 is 1.95 bits per heavy atom. The van der Waals surface area contributed by atoms with E-state index in [0.29, 0.717) is 0 Å². The maximum atomic E-state index is 11.6. The summed E-state index contributed by atoms with van der Waals surface area (Å²) in [4.78, 5) is 33.5. The summed E-state index contributed by atoms with van der Waals surface area (Å²) in [6.07, 6.45) is 0. The van der Waals surface area contributed by atoms with E-state index in [4.69, 9.17) is 5.11 Å². The summed E-state index contributed by atoms with van der Waals surface area (Å²) in [5.74, 6) is -2.35. The van der Waals surface area contributed by atoms with Crippen molar-refractivity contribution in [3.63, 3.8) is 0 Å². The average Bonchev–Trinajstić information content (AvgIpc) is 2.39. The van der Waals surface area contributed by atoms with Gasteiger partial charge < -0.3 is 25.6 Å². The van der Waals surface area contributed by atoms with Gasteiger partial charge in [-0.2, -0.15) is 0 Å². The van der Waals surface area contributed by atoms with E-state index >= 15 is 0 Å². The molecule has 0 heterocycles. The summed E-state index contributed by atoms with van der Waals surface area (Å²) in [5.41, 5.74) is -0.182. The number of carboxylic acids is 1. The van der Waals surface area contributed by atoms with Crippen molar-refractivity contribution in [2.24, 2.45) is 0 Å². The van der Waals surface area contributed by atoms with Crippen molar-refractivity contribution in [3.8, 4) is 5.75 Å². The predicted octanol–water partition coefficient (Wildman–Crippen LogP) is 0.773. The smallest absolute Gasteiger partial charge is 0.339 e. The molecule has 2 amide bonds. The van der Waals surface area contributed by atoms with Gasteiger partial charge >= 0.3 is 18.0 Å². The van der Waals surface area contributed by atoms with Crippen LogP contribution >= 0.6 is 0 Å². The fraction of sp³-hybridized carbons (Fsp3) is 0.250. The highest BCUT2D eigenvalue weighted by Crippen LogP contribution is 2.21. The maximum Gasteiger partial charge on any atom is 0.339 e. The Labute approximate surface area is 114 Å². The van der Waals surface area contributed by atoms with Gasteiger partial charge in [0.25, 0.3) is 0 Å². The summed E-state index contributed by atoms with van der Waals surface area (Å²) < 4.78 is 4.44. The van der Waals surface area contributed by atoms with Crippen LogP contribution in [0.2, 0.25) is 0 Å². The first kappa shape index (κ1) is 15.3. The fourth-order valence-electron chi connectivity index (χ4n) is 1.38. The molecule has 4 N–H and O–H groups in total. The lowest BCUT2D eigenvalue weighted by atomic mass is 10.2. The molecule has 0 aliphatic heterocycles. The summed E-state index contributed by atoms with van der Waals surface area (Å²) in [7, 11) is 1.19. The molecule has 1 atom stereocenters. The van der Waals surface area contributed by atoms with Crippen molar-refractivity contribution in [2.45, 2.75) is 13.0 Å². The summed E-state index contributed by atoms with van der Waals surface area (Å²) in [5, 5.41) is 22.8. The van der Waals surface area contributed by atoms with Crippen molar-refractivity contribution < 1.29 is 29.3 Å². The van der Waals surface area contributed by atoms with E-state index < -0.39 is 29.8 Å². The van der Waals surface area contributed by atoms with Crippen molar-refractivity contribution in [1.29, 1.82) is 0 Å². The van der Waals surface area contributed by atoms with E-state index in [0.717, 1.165) is 12.1 Å². The zero-order valence-electron chi connectivity index (χ0n) is 10.8. The number of hydrogen-bond acceptors (Lipinski definition) is 5. The zero-order valence-corrected chi connectivity index (χ0v) is 10.8. The number of hydrogen-bond donors (Lipinski definition) is 4. The van der Waals surface area contributed by atoms with Crippen LogP contribution in [0.4, 0.5) is 10.5 Å². The molecule has 108 valence electrons. The molecule has 0 saturated carbocycles. The molecular formula is C12H14N2O6. The second-order valence-corrected chi connectivity index (χ2v) is 3.88. The van der Waals surface area contributed by atoms with Crippen molar-refractivity contribution in [2.75, 3.05) is 12.4 Å². The van der Waals surface area contributed by atoms with Gasteiger partial charge in [0, 0.05) is 5.69 Å². The lowest BCUT2D eigenvalue weighted by molar-refractivity contribution is -0.142. The normalized spacial score (nSPS) is 11.3. The number of anilines is 1. The summed E-state index contributed by atoms with van der Waals surface area (Å²) in [6.45, 7) is 1.44. The molecule has 0 spiro atoms. The topological polar surface area (TPSA) is 125 Å². The number of aromatic hydroxyl groups is 1. The first-order chi connectivity index (χ1) is 9.35. The lowest BCUT2D eigenvalue weighted by Crippen LogP contribution is -2.41. The number of carboxylic acid groups (broad SMARTS) is 1. The van der Waals surface area contributed by atoms with Crippen LogP contribution in [0.25, 0.3) is 0 Å². The molecule has 0 radical (unpaired) electrons. The van der Waals surface area contributed by atoms with Gasteiger partial charge in [0.2, 0.25) is 0 Å². The van der Waals surface area contributed by atoms with Gasteiger partial charge in [-0.1, -0.05) is 0 Å². The van der Waals surface area contributed by atoms with Gasteiger partial charge in [0.05, 0.1) is 7.11 Å². The van der Waals surface area contributed by atoms with Crippen molar-refractivity contribution >= 4 is 23.7 Å². The van der Waals surface area contributed by atoms with Gasteiger partial charge in [0.1, 0.15) is 17.4 Å². The average molecular weight is 282 g/mol. The van der Waals surface area contributed by atoms with E-state index in [9.17, 15) is 19.5 Å². The minimum atomic E-state index is -1.32. The number of methoxy groups -OCH3 is 1. The predicted molar refractivity (Wildman–Crippen MR) is 68.7 cm³/mol. The number of nitrogens with one attached hydrogen (secondary N) is 2. The van der Waals surface area contributed by atoms with E-state index in [-0.39, 0.29) is 11.3 Å². The lowest BCUT2D eigenvalue weighted by Gasteiger charge is -2.13. The minimum absolute atomic E-state index is 0.162. The maximum absolute atomic E-state index is 11.6. The van der Waals surface area contributed by atoms with Crippen molar-refractivity contribution in [3.05, 3.63) is 23.8 Å². The molecule has 0 aromatic heterocycles. The first-order valence-electron chi connectivity index (χ1n) is 5.56. The number of amides is 2. The minimum Gasteiger partial charge on any atom is -0.507 e. The second kappa shape index (κ2) is 6.41. The number of carbonyl (C=O) groups is 3. The van der Waals surface area contributed by atoms with Crippen molar-refractivity contribution in [1.82, 2.24) is 5.32 Å². The fourth-order valence-corrected chi connectivity index (χ4v) is 1.38. The van der Waals surface area contributed by atoms with Gasteiger partial charge in [-0.25, -0.2) is 14.4 Å². The molecule has 0 aliphatic rings. The molecule has 0 aliphatic carbocycles. The molecule has 1 rings (SSSR count). The largest absolute Gasteiger partial charge is 0.507 e. The molecule has 8 nitrogen and oxygen atoms in total. The summed E-state index contributed by atoms with van der Waals surface area (Å²) >= 11 is 0. The van der Waals surface area contributed by atoms with Crippen LogP contribution in [0.3, 0.4) is 0 Å². The highest BCUT2D eigenvalue weighted by atomic mass is 16.5. The Morgan fingerprint density at radius 1 is 1.30 bits per heavy atom. The van der Waals surface area contributed by atoms with Crippen LogP contribution in [-0.4, -0.2) is 41.3 Å². The summed E-state index contributed by atoms with van der Waals surface area (Å²) in [6, 6.07) is 2.01. The number of phenols is 1. The number of benzene rings is 1. The van der Waals surface area contributed by atoms with E-state index in [1.807, 2.05) is 0 Å². The Hall–Kier alpha value is -2.77. The number of ether oxygens (including phenoxy) is 1. The SMILES string of the molecule is COC(=O)C(C)NC(=O)Nc1ccc(O)c(C(=O)O)c1. The molecule has 0 saturated heterocycles. The number of aromatic carboxylic acids is 1. The molecule has 0 fully saturated rings. The Kier molecular flexibility index (Phi) is 4.90. The second-order valence-electron chi connectivity index (χ2n) is 3.88. The molecule has 1 aromatic rings. The van der Waals surface area contributed by atoms with Crippen LogP contribution in [0.5, 0.6) is 5.75 Å². The Balaban J connectivity index is 2.74. The third-order valence-corrected chi connectivity index (χ3v) is 2.39. The monoisotopic (exact) mass is 282 g/mol. The molecule has 1 unspecified atom stereocenters. The van der Waals surface area contributed by atoms with Gasteiger partial charge in [-0.15, -0.1) is 0 Å². The molecule has 0 bridgehead atoms. The van der Waals surface area contributed by atoms with E-state index in [1.54, 1.807) is 0 Å². The standard InChI is InChI=1S/C12H14N2O6/c1-6(11(18)20-2)13-12(19)14-7-3-4-9(15)8(5-7)10(16)17/h3-6,15H,1-2H3,(H,16,17)(H2,13,14,19). The molecular weight excluding hydrogens is 268 g/mol. The highest BCUT2D eigenvalue weighted by Gasteiger charge is 2.16. The Bertz CT molecular complexity index is 543. The molecule has 8 heteroatoms. The quantitative estimate of drug-likeness (QED) is 0.477. The van der Waals surface area contributed by atoms with E-state index in [1.165, 1.54) is 20.1 Å². The number of rotatable bonds is 4. The third kappa shape index (κ3) is 3.87. The van der Waals surface area contributed by atoms with Crippen LogP contribution in [-0.2, 0) is 9.53 Å². The van der Waals surface area contributed by atoms with Crippen LogP contribution in [0.1, 0.15) is 17.3 Å². The molecule has 1 aromatic carbocycles. The Morgan fingerprint density at radius 3 is 2.50 bits per heavy atom. The highest BCUT2D eigenvalue weighted by molar-refractivity contribution is 5.96. The van der Waals surface area contributed by atoms with Crippen LogP contribution < -0.4 is 10.6 Å². The number of urea groups is 1.